The molecule has 0 amide bonds. The van der Waals surface area contributed by atoms with E-state index in [4.69, 9.17) is 10.5 Å². The molecule has 1 aromatic rings. The molecule has 2 N–H and O–H groups in total. The first kappa shape index (κ1) is 10.1. The molecule has 74 valence electrons. The third kappa shape index (κ3) is 3.06. The van der Waals surface area contributed by atoms with Crippen LogP contribution in [0.4, 0.5) is 5.69 Å². The van der Waals surface area contributed by atoms with E-state index in [0.29, 0.717) is 0 Å². The number of ether oxygens (including phenoxy) is 1. The number of aryl methyl sites for hydroxylation is 2. The van der Waals surface area contributed by atoms with Crippen LogP contribution in [-0.2, 0) is 11.3 Å². The van der Waals surface area contributed by atoms with Gasteiger partial charge in [-0.15, -0.1) is 0 Å². The Morgan fingerprint density at radius 2 is 2.38 bits per heavy atom. The van der Waals surface area contributed by atoms with Crippen LogP contribution >= 0.6 is 0 Å². The first-order valence-electron chi connectivity index (χ1n) is 4.61. The van der Waals surface area contributed by atoms with E-state index in [2.05, 4.69) is 5.10 Å². The molecule has 0 fully saturated rings. The normalized spacial score (nSPS) is 10.6. The van der Waals surface area contributed by atoms with Gasteiger partial charge in [0.15, 0.2) is 0 Å². The highest BCUT2D eigenvalue weighted by molar-refractivity contribution is 5.39. The fourth-order valence-corrected chi connectivity index (χ4v) is 1.12. The summed E-state index contributed by atoms with van der Waals surface area (Å²) >= 11 is 0. The Bertz CT molecular complexity index is 238. The smallest absolute Gasteiger partial charge is 0.0822 e. The van der Waals surface area contributed by atoms with Gasteiger partial charge in [-0.1, -0.05) is 0 Å². The van der Waals surface area contributed by atoms with Crippen LogP contribution in [0.2, 0.25) is 0 Å². The molecule has 0 spiro atoms. The molecule has 4 nitrogen and oxygen atoms in total. The van der Waals surface area contributed by atoms with Crippen molar-refractivity contribution >= 4 is 5.69 Å². The van der Waals surface area contributed by atoms with E-state index in [1.165, 1.54) is 0 Å². The lowest BCUT2D eigenvalue weighted by molar-refractivity contribution is 0.141. The van der Waals surface area contributed by atoms with Gasteiger partial charge in [-0.25, -0.2) is 0 Å². The highest BCUT2D eigenvalue weighted by atomic mass is 16.5. The van der Waals surface area contributed by atoms with Crippen LogP contribution in [0.25, 0.3) is 0 Å². The van der Waals surface area contributed by atoms with Crippen LogP contribution in [0.15, 0.2) is 6.20 Å². The zero-order chi connectivity index (χ0) is 9.68. The SMILES string of the molecule is CCOCCCn1cc(N)c(C)n1. The average molecular weight is 183 g/mol. The Hall–Kier alpha value is -1.03. The first-order chi connectivity index (χ1) is 6.24. The topological polar surface area (TPSA) is 53.1 Å². The molecule has 0 unspecified atom stereocenters. The molecule has 0 saturated heterocycles. The minimum atomic E-state index is 0.761. The monoisotopic (exact) mass is 183 g/mol. The van der Waals surface area contributed by atoms with Gasteiger partial charge >= 0.3 is 0 Å². The molecule has 0 aliphatic rings. The number of nitrogen functional groups attached to an aromatic ring is 1. The van der Waals surface area contributed by atoms with Gasteiger partial charge in [0.05, 0.1) is 11.4 Å². The number of hydrogen-bond acceptors (Lipinski definition) is 3. The number of rotatable bonds is 5. The van der Waals surface area contributed by atoms with Crippen LogP contribution in [-0.4, -0.2) is 23.0 Å². The maximum absolute atomic E-state index is 5.66. The van der Waals surface area contributed by atoms with E-state index in [0.717, 1.165) is 37.6 Å². The van der Waals surface area contributed by atoms with Crippen molar-refractivity contribution in [1.82, 2.24) is 9.78 Å². The van der Waals surface area contributed by atoms with Gasteiger partial charge in [-0.2, -0.15) is 5.10 Å². The average Bonchev–Trinajstić information content (AvgIpc) is 2.41. The van der Waals surface area contributed by atoms with Crippen molar-refractivity contribution in [2.45, 2.75) is 26.8 Å². The Balaban J connectivity index is 2.29. The standard InChI is InChI=1S/C9H17N3O/c1-3-13-6-4-5-12-7-9(10)8(2)11-12/h7H,3-6,10H2,1-2H3. The Labute approximate surface area is 78.7 Å². The van der Waals surface area contributed by atoms with Crippen LogP contribution in [0.3, 0.4) is 0 Å². The molecule has 0 aliphatic carbocycles. The van der Waals surface area contributed by atoms with E-state index < -0.39 is 0 Å². The largest absolute Gasteiger partial charge is 0.396 e. The predicted molar refractivity (Wildman–Crippen MR) is 52.5 cm³/mol. The van der Waals surface area contributed by atoms with E-state index in [9.17, 15) is 0 Å². The third-order valence-corrected chi connectivity index (χ3v) is 1.86. The summed E-state index contributed by atoms with van der Waals surface area (Å²) in [4.78, 5) is 0. The van der Waals surface area contributed by atoms with Crippen molar-refractivity contribution in [1.29, 1.82) is 0 Å². The summed E-state index contributed by atoms with van der Waals surface area (Å²) in [5.74, 6) is 0. The van der Waals surface area contributed by atoms with E-state index in [1.807, 2.05) is 24.7 Å². The predicted octanol–water partition coefficient (Wildman–Crippen LogP) is 1.20. The fraction of sp³-hybridized carbons (Fsp3) is 0.667. The van der Waals surface area contributed by atoms with Crippen molar-refractivity contribution < 1.29 is 4.74 Å². The fourth-order valence-electron chi connectivity index (χ4n) is 1.12. The molecule has 1 heterocycles. The molecule has 4 heteroatoms. The van der Waals surface area contributed by atoms with Gasteiger partial charge in [0.2, 0.25) is 0 Å². The van der Waals surface area contributed by atoms with E-state index in [-0.39, 0.29) is 0 Å². The summed E-state index contributed by atoms with van der Waals surface area (Å²) in [6.45, 7) is 6.35. The van der Waals surface area contributed by atoms with Gasteiger partial charge in [0.25, 0.3) is 0 Å². The second-order valence-corrected chi connectivity index (χ2v) is 2.98. The molecule has 1 aromatic heterocycles. The number of anilines is 1. The second-order valence-electron chi connectivity index (χ2n) is 2.98. The van der Waals surface area contributed by atoms with Crippen LogP contribution in [0.5, 0.6) is 0 Å². The minimum Gasteiger partial charge on any atom is -0.396 e. The summed E-state index contributed by atoms with van der Waals surface area (Å²) < 4.78 is 7.08. The Kier molecular flexibility index (Phi) is 3.76. The maximum atomic E-state index is 5.66. The summed E-state index contributed by atoms with van der Waals surface area (Å²) in [6.07, 6.45) is 2.84. The Morgan fingerprint density at radius 1 is 1.62 bits per heavy atom. The zero-order valence-electron chi connectivity index (χ0n) is 8.29. The summed E-state index contributed by atoms with van der Waals surface area (Å²) in [5.41, 5.74) is 7.32. The lowest BCUT2D eigenvalue weighted by Gasteiger charge is -2.01. The molecular formula is C9H17N3O. The van der Waals surface area contributed by atoms with Crippen LogP contribution in [0.1, 0.15) is 19.0 Å². The number of hydrogen-bond donors (Lipinski definition) is 1. The molecule has 0 aliphatic heterocycles. The highest BCUT2D eigenvalue weighted by Crippen LogP contribution is 2.06. The Morgan fingerprint density at radius 3 is 2.92 bits per heavy atom. The number of nitrogens with two attached hydrogens (primary N) is 1. The maximum Gasteiger partial charge on any atom is 0.0822 e. The van der Waals surface area contributed by atoms with Crippen LogP contribution < -0.4 is 5.73 Å². The first-order valence-corrected chi connectivity index (χ1v) is 4.61. The minimum absolute atomic E-state index is 0.761. The zero-order valence-corrected chi connectivity index (χ0v) is 8.29. The molecule has 13 heavy (non-hydrogen) atoms. The van der Waals surface area contributed by atoms with Crippen LogP contribution in [0, 0.1) is 6.92 Å². The quantitative estimate of drug-likeness (QED) is 0.698. The second kappa shape index (κ2) is 4.87. The van der Waals surface area contributed by atoms with E-state index >= 15 is 0 Å². The van der Waals surface area contributed by atoms with Gasteiger partial charge in [0, 0.05) is 26.0 Å². The highest BCUT2D eigenvalue weighted by Gasteiger charge is 1.99. The van der Waals surface area contributed by atoms with Crippen molar-refractivity contribution in [3.63, 3.8) is 0 Å². The number of nitrogens with zero attached hydrogens (tertiary/aromatic N) is 2. The molecule has 1 rings (SSSR count). The van der Waals surface area contributed by atoms with Crippen molar-refractivity contribution in [2.24, 2.45) is 0 Å². The number of aromatic nitrogens is 2. The third-order valence-electron chi connectivity index (χ3n) is 1.86. The van der Waals surface area contributed by atoms with Gasteiger partial charge in [-0.05, 0) is 20.3 Å². The summed E-state index contributed by atoms with van der Waals surface area (Å²) in [6, 6.07) is 0. The molecule has 0 saturated carbocycles. The summed E-state index contributed by atoms with van der Waals surface area (Å²) in [7, 11) is 0. The summed E-state index contributed by atoms with van der Waals surface area (Å²) in [5, 5.41) is 4.24. The van der Waals surface area contributed by atoms with Crippen molar-refractivity contribution in [2.75, 3.05) is 18.9 Å². The van der Waals surface area contributed by atoms with Gasteiger partial charge in [-0.3, -0.25) is 4.68 Å². The molecule has 0 aromatic carbocycles. The van der Waals surface area contributed by atoms with Crippen molar-refractivity contribution in [3.8, 4) is 0 Å². The molecule has 0 atom stereocenters. The van der Waals surface area contributed by atoms with Crippen molar-refractivity contribution in [3.05, 3.63) is 11.9 Å². The molecule has 0 bridgehead atoms. The molecular weight excluding hydrogens is 166 g/mol. The molecule has 0 radical (unpaired) electrons. The lowest BCUT2D eigenvalue weighted by Crippen LogP contribution is -2.03. The van der Waals surface area contributed by atoms with E-state index in [1.54, 1.807) is 0 Å². The van der Waals surface area contributed by atoms with Gasteiger partial charge < -0.3 is 10.5 Å². The lowest BCUT2D eigenvalue weighted by atomic mass is 10.4. The van der Waals surface area contributed by atoms with Gasteiger partial charge in [0.1, 0.15) is 0 Å².